The second kappa shape index (κ2) is 11.8. The molecule has 0 bridgehead atoms. The van der Waals surface area contributed by atoms with Gasteiger partial charge in [0.2, 0.25) is 6.41 Å². The summed E-state index contributed by atoms with van der Waals surface area (Å²) in [5.41, 5.74) is 16.0. The number of benzene rings is 1. The number of amidine groups is 1. The summed E-state index contributed by atoms with van der Waals surface area (Å²) >= 11 is 0. The number of hydrogen-bond acceptors (Lipinski definition) is 4. The summed E-state index contributed by atoms with van der Waals surface area (Å²) in [6, 6.07) is 8.53. The van der Waals surface area contributed by atoms with Gasteiger partial charge < -0.3 is 16.4 Å². The fourth-order valence-corrected chi connectivity index (χ4v) is 4.21. The third-order valence-electron chi connectivity index (χ3n) is 6.60. The van der Waals surface area contributed by atoms with Gasteiger partial charge in [-0.25, -0.2) is 4.99 Å². The van der Waals surface area contributed by atoms with Crippen LogP contribution >= 0.6 is 0 Å². The van der Waals surface area contributed by atoms with E-state index >= 15 is 0 Å². The zero-order chi connectivity index (χ0) is 23.7. The highest BCUT2D eigenvalue weighted by atomic mass is 16.1. The van der Waals surface area contributed by atoms with E-state index in [0.717, 1.165) is 36.9 Å². The first-order valence-corrected chi connectivity index (χ1v) is 11.9. The summed E-state index contributed by atoms with van der Waals surface area (Å²) in [5, 5.41) is 0. The van der Waals surface area contributed by atoms with Crippen LogP contribution in [0, 0.1) is 5.41 Å². The van der Waals surface area contributed by atoms with Crippen molar-refractivity contribution >= 4 is 18.6 Å². The Labute approximate surface area is 197 Å². The van der Waals surface area contributed by atoms with Gasteiger partial charge in [0.05, 0.1) is 12.0 Å². The van der Waals surface area contributed by atoms with Crippen LogP contribution in [-0.4, -0.2) is 48.0 Å². The van der Waals surface area contributed by atoms with E-state index in [0.29, 0.717) is 30.0 Å². The Morgan fingerprint density at radius 2 is 1.94 bits per heavy atom. The molecular weight excluding hydrogens is 412 g/mol. The fourth-order valence-electron chi connectivity index (χ4n) is 4.21. The van der Waals surface area contributed by atoms with Gasteiger partial charge in [0, 0.05) is 38.0 Å². The normalized spacial score (nSPS) is 18.9. The summed E-state index contributed by atoms with van der Waals surface area (Å²) in [4.78, 5) is 24.4. The third-order valence-corrected chi connectivity index (χ3v) is 6.60. The van der Waals surface area contributed by atoms with Gasteiger partial charge in [0.25, 0.3) is 0 Å². The predicted octanol–water partition coefficient (Wildman–Crippen LogP) is 3.56. The summed E-state index contributed by atoms with van der Waals surface area (Å²) in [6.07, 6.45) is 11.7. The fraction of sp³-hybridized carbons (Fsp3) is 0.500. The highest BCUT2D eigenvalue weighted by molar-refractivity contribution is 5.97. The van der Waals surface area contributed by atoms with Crippen LogP contribution in [0.1, 0.15) is 57.1 Å². The van der Waals surface area contributed by atoms with Crippen molar-refractivity contribution in [1.82, 2.24) is 9.80 Å². The van der Waals surface area contributed by atoms with Crippen molar-refractivity contribution in [3.63, 3.8) is 0 Å². The van der Waals surface area contributed by atoms with E-state index in [2.05, 4.69) is 46.1 Å². The number of unbranched alkanes of at least 4 members (excludes halogenated alkanes) is 1. The van der Waals surface area contributed by atoms with Crippen LogP contribution in [0.2, 0.25) is 0 Å². The number of allylic oxidation sites excluding steroid dienone is 1. The van der Waals surface area contributed by atoms with E-state index in [9.17, 15) is 4.79 Å². The van der Waals surface area contributed by atoms with E-state index in [4.69, 9.17) is 11.5 Å². The minimum Gasteiger partial charge on any atom is -0.390 e. The minimum absolute atomic E-state index is 0.438. The van der Waals surface area contributed by atoms with Crippen LogP contribution in [0.15, 0.2) is 57.8 Å². The monoisotopic (exact) mass is 450 g/mol. The van der Waals surface area contributed by atoms with Crippen LogP contribution in [-0.2, 0) is 17.9 Å². The number of rotatable bonds is 12. The van der Waals surface area contributed by atoms with Gasteiger partial charge in [0.1, 0.15) is 5.84 Å². The number of aliphatic imine (C=N–C) groups is 2. The quantitative estimate of drug-likeness (QED) is 0.167. The molecule has 0 atom stereocenters. The molecule has 1 aliphatic heterocycles. The topological polar surface area (TPSA) is 100 Å². The molecule has 0 radical (unpaired) electrons. The van der Waals surface area contributed by atoms with Crippen molar-refractivity contribution in [2.45, 2.75) is 59.0 Å². The Bertz CT molecular complexity index is 911. The maximum atomic E-state index is 11.7. The number of likely N-dealkylation sites (tertiary alicyclic amines) is 1. The predicted molar refractivity (Wildman–Crippen MR) is 136 cm³/mol. The molecule has 1 aliphatic carbocycles. The summed E-state index contributed by atoms with van der Waals surface area (Å²) in [5.74, 6) is 0.438. The number of carbonyl (C=O) groups excluding carboxylic acids is 1. The lowest BCUT2D eigenvalue weighted by Crippen LogP contribution is -2.20. The van der Waals surface area contributed by atoms with Crippen LogP contribution in [0.5, 0.6) is 0 Å². The van der Waals surface area contributed by atoms with Crippen LogP contribution < -0.4 is 11.5 Å². The van der Waals surface area contributed by atoms with Gasteiger partial charge >= 0.3 is 0 Å². The van der Waals surface area contributed by atoms with Crippen molar-refractivity contribution in [2.24, 2.45) is 26.9 Å². The van der Waals surface area contributed by atoms with Gasteiger partial charge in [-0.3, -0.25) is 14.7 Å². The van der Waals surface area contributed by atoms with E-state index in [1.165, 1.54) is 44.3 Å². The zero-order valence-electron chi connectivity index (χ0n) is 20.0. The molecular formula is C26H38N6O. The summed E-state index contributed by atoms with van der Waals surface area (Å²) < 4.78 is 0. The van der Waals surface area contributed by atoms with Crippen molar-refractivity contribution in [3.05, 3.63) is 58.9 Å². The standard InChI is InChI=1S/C26H38N6O/c1-3-4-13-29-25(28)21(2)24(30-19-27)9-14-32(20-33)17-23-7-5-22(6-8-23)16-31-15-12-26(18-31)10-11-26/h5-9,14,19-20H,3-4,10-13,15-18H2,1-2H3,(H2,27,30)(H2,28,29)/b14-9-,24-21-. The highest BCUT2D eigenvalue weighted by Gasteiger charge is 2.47. The molecule has 3 rings (SSSR count). The molecule has 7 heteroatoms. The zero-order valence-corrected chi connectivity index (χ0v) is 20.0. The molecule has 1 aromatic rings. The molecule has 4 N–H and O–H groups in total. The average molecular weight is 451 g/mol. The van der Waals surface area contributed by atoms with E-state index in [-0.39, 0.29) is 0 Å². The molecule has 1 spiro atoms. The van der Waals surface area contributed by atoms with Gasteiger partial charge in [-0.2, -0.15) is 0 Å². The van der Waals surface area contributed by atoms with Crippen molar-refractivity contribution < 1.29 is 4.79 Å². The van der Waals surface area contributed by atoms with Gasteiger partial charge in [-0.1, -0.05) is 37.6 Å². The lowest BCUT2D eigenvalue weighted by atomic mass is 10.1. The lowest BCUT2D eigenvalue weighted by molar-refractivity contribution is -0.116. The molecule has 1 heterocycles. The molecule has 178 valence electrons. The molecule has 1 amide bonds. The Morgan fingerprint density at radius 3 is 2.55 bits per heavy atom. The highest BCUT2D eigenvalue weighted by Crippen LogP contribution is 2.52. The molecule has 1 aromatic carbocycles. The third kappa shape index (κ3) is 7.29. The van der Waals surface area contributed by atoms with Crippen molar-refractivity contribution in [2.75, 3.05) is 19.6 Å². The minimum atomic E-state index is 0.438. The maximum Gasteiger partial charge on any atom is 0.213 e. The number of nitrogens with zero attached hydrogens (tertiary/aromatic N) is 4. The molecule has 33 heavy (non-hydrogen) atoms. The lowest BCUT2D eigenvalue weighted by Gasteiger charge is -2.17. The number of carbonyl (C=O) groups is 1. The Balaban J connectivity index is 1.60. The Hall–Kier alpha value is -2.93. The summed E-state index contributed by atoms with van der Waals surface area (Å²) in [6.45, 7) is 8.58. The average Bonchev–Trinajstić information content (AvgIpc) is 3.47. The Morgan fingerprint density at radius 1 is 1.21 bits per heavy atom. The molecule has 2 fully saturated rings. The molecule has 7 nitrogen and oxygen atoms in total. The molecule has 2 aliphatic rings. The first kappa shape index (κ1) is 24.7. The molecule has 1 saturated heterocycles. The SMILES string of the molecule is CCCCN=C(N)/C(C)=C(/C=C\N(C=O)Cc1ccc(CN2CCC3(CC3)C2)cc1)N=CN. The van der Waals surface area contributed by atoms with Gasteiger partial charge in [0.15, 0.2) is 0 Å². The second-order valence-corrected chi connectivity index (χ2v) is 9.28. The summed E-state index contributed by atoms with van der Waals surface area (Å²) in [7, 11) is 0. The first-order valence-electron chi connectivity index (χ1n) is 11.9. The first-order chi connectivity index (χ1) is 16.0. The molecule has 0 aromatic heterocycles. The Kier molecular flexibility index (Phi) is 8.83. The van der Waals surface area contributed by atoms with E-state index < -0.39 is 0 Å². The number of hydrogen-bond donors (Lipinski definition) is 2. The van der Waals surface area contributed by atoms with Crippen molar-refractivity contribution in [3.8, 4) is 0 Å². The maximum absolute atomic E-state index is 11.7. The molecule has 0 unspecified atom stereocenters. The van der Waals surface area contributed by atoms with Gasteiger partial charge in [-0.05, 0) is 61.8 Å². The smallest absolute Gasteiger partial charge is 0.213 e. The number of amides is 1. The van der Waals surface area contributed by atoms with Crippen LogP contribution in [0.4, 0.5) is 0 Å². The number of nitrogens with two attached hydrogens (primary N) is 2. The van der Waals surface area contributed by atoms with E-state index in [1.807, 2.05) is 6.92 Å². The van der Waals surface area contributed by atoms with Gasteiger partial charge in [-0.15, -0.1) is 0 Å². The largest absolute Gasteiger partial charge is 0.390 e. The molecule has 1 saturated carbocycles. The van der Waals surface area contributed by atoms with Crippen molar-refractivity contribution in [1.29, 1.82) is 0 Å². The van der Waals surface area contributed by atoms with Crippen LogP contribution in [0.25, 0.3) is 0 Å². The second-order valence-electron chi connectivity index (χ2n) is 9.28. The van der Waals surface area contributed by atoms with Crippen LogP contribution in [0.3, 0.4) is 0 Å². The van der Waals surface area contributed by atoms with E-state index in [1.54, 1.807) is 17.2 Å².